The first-order valence-electron chi connectivity index (χ1n) is 9.53. The van der Waals surface area contributed by atoms with Gasteiger partial charge in [-0.2, -0.15) is 13.2 Å². The summed E-state index contributed by atoms with van der Waals surface area (Å²) in [7, 11) is 0. The van der Waals surface area contributed by atoms with Crippen molar-refractivity contribution in [2.24, 2.45) is 5.92 Å². The van der Waals surface area contributed by atoms with Gasteiger partial charge in [0.2, 0.25) is 0 Å². The van der Waals surface area contributed by atoms with Gasteiger partial charge in [-0.05, 0) is 75.3 Å². The van der Waals surface area contributed by atoms with Crippen LogP contribution in [0.2, 0.25) is 0 Å². The molecule has 28 heavy (non-hydrogen) atoms. The molecular weight excluding hydrogens is 392 g/mol. The van der Waals surface area contributed by atoms with E-state index in [0.717, 1.165) is 40.4 Å². The maximum absolute atomic E-state index is 13.2. The van der Waals surface area contributed by atoms with Crippen LogP contribution in [0.1, 0.15) is 48.7 Å². The average molecular weight is 414 g/mol. The monoisotopic (exact) mass is 414 g/mol. The Labute approximate surface area is 164 Å². The van der Waals surface area contributed by atoms with Crippen molar-refractivity contribution in [3.63, 3.8) is 0 Å². The Balaban J connectivity index is 1.43. The van der Waals surface area contributed by atoms with Crippen molar-refractivity contribution in [2.45, 2.75) is 56.3 Å². The minimum atomic E-state index is -4.57. The van der Waals surface area contributed by atoms with E-state index in [0.29, 0.717) is 13.0 Å². The van der Waals surface area contributed by atoms with Gasteiger partial charge in [0.15, 0.2) is 5.60 Å². The van der Waals surface area contributed by atoms with Crippen molar-refractivity contribution in [3.05, 3.63) is 40.7 Å². The van der Waals surface area contributed by atoms with E-state index in [1.54, 1.807) is 23.5 Å². The van der Waals surface area contributed by atoms with E-state index in [1.807, 2.05) is 0 Å². The van der Waals surface area contributed by atoms with Crippen molar-refractivity contribution in [2.75, 3.05) is 6.54 Å². The van der Waals surface area contributed by atoms with E-state index in [2.05, 4.69) is 5.32 Å². The van der Waals surface area contributed by atoms with E-state index in [4.69, 9.17) is 4.98 Å². The highest BCUT2D eigenvalue weighted by molar-refractivity contribution is 7.15. The summed E-state index contributed by atoms with van der Waals surface area (Å²) in [4.78, 5) is 5.82. The van der Waals surface area contributed by atoms with E-state index in [-0.39, 0.29) is 30.6 Å². The molecule has 0 radical (unpaired) electrons. The summed E-state index contributed by atoms with van der Waals surface area (Å²) in [6, 6.07) is 6.30. The fraction of sp³-hybridized carbons (Fsp3) is 0.550. The lowest BCUT2D eigenvalue weighted by Crippen LogP contribution is -2.43. The van der Waals surface area contributed by atoms with Crippen LogP contribution >= 0.6 is 11.3 Å². The van der Waals surface area contributed by atoms with E-state index in [9.17, 15) is 22.7 Å². The normalized spacial score (nSPS) is 27.8. The molecular formula is C20H22F4N2OS. The maximum atomic E-state index is 13.2. The Morgan fingerprint density at radius 1 is 1.21 bits per heavy atom. The zero-order valence-corrected chi connectivity index (χ0v) is 16.0. The summed E-state index contributed by atoms with van der Waals surface area (Å²) in [5.41, 5.74) is -0.658. The molecule has 0 spiro atoms. The van der Waals surface area contributed by atoms with Crippen LogP contribution < -0.4 is 5.32 Å². The molecule has 1 saturated carbocycles. The zero-order valence-electron chi connectivity index (χ0n) is 15.2. The van der Waals surface area contributed by atoms with Gasteiger partial charge < -0.3 is 10.4 Å². The summed E-state index contributed by atoms with van der Waals surface area (Å²) in [5, 5.41) is 14.1. The fourth-order valence-electron chi connectivity index (χ4n) is 4.20. The van der Waals surface area contributed by atoms with Crippen molar-refractivity contribution in [1.82, 2.24) is 10.3 Å². The van der Waals surface area contributed by atoms with Gasteiger partial charge in [0.1, 0.15) is 10.8 Å². The highest BCUT2D eigenvalue weighted by Crippen LogP contribution is 2.45. The predicted molar refractivity (Wildman–Crippen MR) is 99.5 cm³/mol. The van der Waals surface area contributed by atoms with Crippen LogP contribution in [0, 0.1) is 11.7 Å². The number of fused-ring (bicyclic) bond motifs is 1. The Kier molecular flexibility index (Phi) is 5.22. The molecule has 2 aliphatic rings. The molecule has 0 saturated heterocycles. The van der Waals surface area contributed by atoms with Crippen LogP contribution in [0.4, 0.5) is 17.6 Å². The third-order valence-electron chi connectivity index (χ3n) is 5.81. The second-order valence-corrected chi connectivity index (χ2v) is 8.86. The third kappa shape index (κ3) is 3.82. The second kappa shape index (κ2) is 7.39. The number of alkyl halides is 3. The minimum Gasteiger partial charge on any atom is -0.380 e. The number of aromatic nitrogens is 1. The van der Waals surface area contributed by atoms with Crippen LogP contribution in [-0.4, -0.2) is 28.4 Å². The topological polar surface area (TPSA) is 45.1 Å². The van der Waals surface area contributed by atoms with Crippen LogP contribution in [-0.2, 0) is 6.42 Å². The fourth-order valence-corrected chi connectivity index (χ4v) is 5.42. The number of hydrogen-bond donors (Lipinski definition) is 2. The Morgan fingerprint density at radius 2 is 1.96 bits per heavy atom. The number of hydrogen-bond acceptors (Lipinski definition) is 4. The lowest BCUT2D eigenvalue weighted by atomic mass is 9.96. The van der Waals surface area contributed by atoms with Crippen molar-refractivity contribution in [3.8, 4) is 10.6 Å². The highest BCUT2D eigenvalue weighted by Gasteiger charge is 2.57. The molecule has 3 unspecified atom stereocenters. The molecule has 8 heteroatoms. The maximum Gasteiger partial charge on any atom is 0.417 e. The van der Waals surface area contributed by atoms with Gasteiger partial charge in [0.05, 0.1) is 5.69 Å². The summed E-state index contributed by atoms with van der Waals surface area (Å²) in [5.74, 6) is -0.485. The molecule has 0 amide bonds. The molecule has 0 aliphatic heterocycles. The van der Waals surface area contributed by atoms with E-state index in [1.165, 1.54) is 12.1 Å². The van der Waals surface area contributed by atoms with Gasteiger partial charge in [0.25, 0.3) is 0 Å². The number of halogens is 4. The predicted octanol–water partition coefficient (Wildman–Crippen LogP) is 5.01. The minimum absolute atomic E-state index is 0.0648. The molecule has 1 aromatic heterocycles. The lowest BCUT2D eigenvalue weighted by Gasteiger charge is -2.27. The van der Waals surface area contributed by atoms with Gasteiger partial charge in [-0.15, -0.1) is 11.3 Å². The first-order chi connectivity index (χ1) is 13.2. The molecule has 2 aliphatic carbocycles. The van der Waals surface area contributed by atoms with Gasteiger partial charge in [-0.3, -0.25) is 0 Å². The van der Waals surface area contributed by atoms with E-state index >= 15 is 0 Å². The number of aryl methyl sites for hydroxylation is 1. The van der Waals surface area contributed by atoms with Crippen LogP contribution in [0.25, 0.3) is 10.6 Å². The smallest absolute Gasteiger partial charge is 0.380 e. The SMILES string of the molecule is OC1(C(F)(F)F)CCC(CNC2CCCc3nc(-c4ccc(F)cc4)sc32)C1. The highest BCUT2D eigenvalue weighted by atomic mass is 32.1. The van der Waals surface area contributed by atoms with Gasteiger partial charge >= 0.3 is 6.18 Å². The first kappa shape index (κ1) is 19.8. The summed E-state index contributed by atoms with van der Waals surface area (Å²) in [6.07, 6.45) is -1.92. The number of nitrogens with one attached hydrogen (secondary N) is 1. The molecule has 1 aromatic carbocycles. The standard InChI is InChI=1S/C20H22F4N2OS/c21-14-6-4-13(5-7-14)18-26-16-3-1-2-15(17(16)28-18)25-11-12-8-9-19(27,10-12)20(22,23)24/h4-7,12,15,25,27H,1-3,8-11H2. The van der Waals surface area contributed by atoms with Gasteiger partial charge in [-0.1, -0.05) is 0 Å². The molecule has 152 valence electrons. The van der Waals surface area contributed by atoms with Crippen molar-refractivity contribution in [1.29, 1.82) is 0 Å². The van der Waals surface area contributed by atoms with Crippen molar-refractivity contribution >= 4 is 11.3 Å². The van der Waals surface area contributed by atoms with Gasteiger partial charge in [-0.25, -0.2) is 9.37 Å². The number of benzene rings is 1. The summed E-state index contributed by atoms with van der Waals surface area (Å²) in [6.45, 7) is 0.451. The average Bonchev–Trinajstić information content (AvgIpc) is 3.25. The summed E-state index contributed by atoms with van der Waals surface area (Å²) >= 11 is 1.56. The van der Waals surface area contributed by atoms with Crippen LogP contribution in [0.15, 0.2) is 24.3 Å². The molecule has 1 heterocycles. The molecule has 3 atom stereocenters. The van der Waals surface area contributed by atoms with Crippen LogP contribution in [0.5, 0.6) is 0 Å². The Bertz CT molecular complexity index is 836. The first-order valence-corrected chi connectivity index (χ1v) is 10.3. The lowest BCUT2D eigenvalue weighted by molar-refractivity contribution is -0.258. The quantitative estimate of drug-likeness (QED) is 0.692. The van der Waals surface area contributed by atoms with Crippen molar-refractivity contribution < 1.29 is 22.7 Å². The molecule has 2 aromatic rings. The van der Waals surface area contributed by atoms with E-state index < -0.39 is 11.8 Å². The molecule has 2 N–H and O–H groups in total. The zero-order chi connectivity index (χ0) is 19.9. The second-order valence-electron chi connectivity index (χ2n) is 7.83. The largest absolute Gasteiger partial charge is 0.417 e. The number of nitrogens with zero attached hydrogens (tertiary/aromatic N) is 1. The van der Waals surface area contributed by atoms with Gasteiger partial charge in [0, 0.05) is 16.5 Å². The third-order valence-corrected chi connectivity index (χ3v) is 7.08. The number of aliphatic hydroxyl groups is 1. The molecule has 3 nitrogen and oxygen atoms in total. The number of thiazole rings is 1. The molecule has 4 rings (SSSR count). The Hall–Kier alpha value is -1.51. The Morgan fingerprint density at radius 3 is 2.64 bits per heavy atom. The molecule has 0 bridgehead atoms. The summed E-state index contributed by atoms with van der Waals surface area (Å²) < 4.78 is 52.1. The van der Waals surface area contributed by atoms with Crippen LogP contribution in [0.3, 0.4) is 0 Å². The number of rotatable bonds is 4. The molecule has 1 fully saturated rings.